The molecule has 1 aliphatic carbocycles. The van der Waals surface area contributed by atoms with Gasteiger partial charge in [-0.3, -0.25) is 9.88 Å². The SMILES string of the molecule is Brc1cncc(CN(CC2CCCNC2)C2CC2)c1. The maximum absolute atomic E-state index is 4.28. The highest BCUT2D eigenvalue weighted by Gasteiger charge is 2.30. The van der Waals surface area contributed by atoms with Crippen LogP contribution in [0.1, 0.15) is 31.2 Å². The minimum atomic E-state index is 0.820. The van der Waals surface area contributed by atoms with Crippen molar-refractivity contribution < 1.29 is 0 Å². The molecule has 2 heterocycles. The molecule has 0 spiro atoms. The van der Waals surface area contributed by atoms with Gasteiger partial charge in [-0.05, 0) is 72.3 Å². The third kappa shape index (κ3) is 4.01. The summed E-state index contributed by atoms with van der Waals surface area (Å²) in [4.78, 5) is 6.95. The Hall–Kier alpha value is -0.450. The van der Waals surface area contributed by atoms with Crippen molar-refractivity contribution >= 4 is 15.9 Å². The highest BCUT2D eigenvalue weighted by Crippen LogP contribution is 2.30. The smallest absolute Gasteiger partial charge is 0.0410 e. The van der Waals surface area contributed by atoms with E-state index in [2.05, 4.69) is 37.2 Å². The van der Waals surface area contributed by atoms with Crippen molar-refractivity contribution in [2.24, 2.45) is 5.92 Å². The summed E-state index contributed by atoms with van der Waals surface area (Å²) < 4.78 is 1.08. The summed E-state index contributed by atoms with van der Waals surface area (Å²) in [6.45, 7) is 4.69. The van der Waals surface area contributed by atoms with E-state index in [4.69, 9.17) is 0 Å². The molecule has 1 unspecified atom stereocenters. The molecule has 1 saturated heterocycles. The minimum Gasteiger partial charge on any atom is -0.316 e. The van der Waals surface area contributed by atoms with Crippen molar-refractivity contribution in [3.63, 3.8) is 0 Å². The van der Waals surface area contributed by atoms with E-state index in [1.165, 1.54) is 50.9 Å². The average Bonchev–Trinajstić information content (AvgIpc) is 3.23. The monoisotopic (exact) mass is 323 g/mol. The Kier molecular flexibility index (Phi) is 4.51. The van der Waals surface area contributed by atoms with E-state index in [9.17, 15) is 0 Å². The molecule has 2 fully saturated rings. The fourth-order valence-electron chi connectivity index (χ4n) is 2.97. The largest absolute Gasteiger partial charge is 0.316 e. The third-order valence-electron chi connectivity index (χ3n) is 4.10. The Bertz CT molecular complexity index is 414. The van der Waals surface area contributed by atoms with Crippen molar-refractivity contribution in [1.82, 2.24) is 15.2 Å². The molecule has 3 rings (SSSR count). The summed E-state index contributed by atoms with van der Waals surface area (Å²) >= 11 is 3.51. The number of hydrogen-bond donors (Lipinski definition) is 1. The number of halogens is 1. The van der Waals surface area contributed by atoms with Gasteiger partial charge < -0.3 is 5.32 Å². The molecule has 0 aromatic carbocycles. The lowest BCUT2D eigenvalue weighted by Crippen LogP contribution is -2.39. The summed E-state index contributed by atoms with van der Waals surface area (Å²) in [5.41, 5.74) is 1.32. The van der Waals surface area contributed by atoms with Gasteiger partial charge in [0.1, 0.15) is 0 Å². The Morgan fingerprint density at radius 2 is 2.21 bits per heavy atom. The number of nitrogens with zero attached hydrogens (tertiary/aromatic N) is 2. The van der Waals surface area contributed by atoms with Crippen LogP contribution in [0.2, 0.25) is 0 Å². The van der Waals surface area contributed by atoms with Gasteiger partial charge in [0.2, 0.25) is 0 Å². The zero-order valence-corrected chi connectivity index (χ0v) is 12.9. The molecule has 1 N–H and O–H groups in total. The zero-order valence-electron chi connectivity index (χ0n) is 11.3. The van der Waals surface area contributed by atoms with Gasteiger partial charge in [-0.15, -0.1) is 0 Å². The quantitative estimate of drug-likeness (QED) is 0.903. The summed E-state index contributed by atoms with van der Waals surface area (Å²) in [5.74, 6) is 0.828. The Morgan fingerprint density at radius 1 is 1.32 bits per heavy atom. The van der Waals surface area contributed by atoms with Crippen LogP contribution in [0.5, 0.6) is 0 Å². The van der Waals surface area contributed by atoms with Crippen molar-refractivity contribution in [2.45, 2.75) is 38.3 Å². The van der Waals surface area contributed by atoms with E-state index in [-0.39, 0.29) is 0 Å². The molecule has 1 aliphatic heterocycles. The second kappa shape index (κ2) is 6.33. The van der Waals surface area contributed by atoms with E-state index in [0.717, 1.165) is 23.0 Å². The van der Waals surface area contributed by atoms with Crippen LogP contribution in [-0.2, 0) is 6.54 Å². The lowest BCUT2D eigenvalue weighted by Gasteiger charge is -2.30. The van der Waals surface area contributed by atoms with Gasteiger partial charge in [-0.2, -0.15) is 0 Å². The summed E-state index contributed by atoms with van der Waals surface area (Å²) in [6.07, 6.45) is 9.33. The highest BCUT2D eigenvalue weighted by atomic mass is 79.9. The van der Waals surface area contributed by atoms with Crippen LogP contribution in [0.25, 0.3) is 0 Å². The number of hydrogen-bond acceptors (Lipinski definition) is 3. The molecule has 1 atom stereocenters. The summed E-state index contributed by atoms with van der Waals surface area (Å²) in [7, 11) is 0. The third-order valence-corrected chi connectivity index (χ3v) is 4.54. The van der Waals surface area contributed by atoms with Crippen LogP contribution in [0.4, 0.5) is 0 Å². The van der Waals surface area contributed by atoms with Gasteiger partial charge in [0.05, 0.1) is 0 Å². The molecule has 0 bridgehead atoms. The van der Waals surface area contributed by atoms with E-state index in [1.807, 2.05) is 12.4 Å². The molecular formula is C15H22BrN3. The number of pyridine rings is 1. The van der Waals surface area contributed by atoms with Gasteiger partial charge in [-0.25, -0.2) is 0 Å². The molecule has 4 heteroatoms. The van der Waals surface area contributed by atoms with Crippen molar-refractivity contribution in [2.75, 3.05) is 19.6 Å². The van der Waals surface area contributed by atoms with E-state index >= 15 is 0 Å². The van der Waals surface area contributed by atoms with Gasteiger partial charge in [0, 0.05) is 36.0 Å². The Morgan fingerprint density at radius 3 is 2.89 bits per heavy atom. The number of piperidine rings is 1. The summed E-state index contributed by atoms with van der Waals surface area (Å²) in [5, 5.41) is 3.53. The minimum absolute atomic E-state index is 0.820. The molecule has 0 amide bonds. The van der Waals surface area contributed by atoms with Gasteiger partial charge >= 0.3 is 0 Å². The second-order valence-corrected chi connectivity index (χ2v) is 6.80. The molecule has 1 aromatic rings. The van der Waals surface area contributed by atoms with Crippen molar-refractivity contribution in [3.8, 4) is 0 Å². The highest BCUT2D eigenvalue weighted by molar-refractivity contribution is 9.10. The molecule has 104 valence electrons. The zero-order chi connectivity index (χ0) is 13.1. The van der Waals surface area contributed by atoms with Crippen LogP contribution in [0.15, 0.2) is 22.9 Å². The second-order valence-electron chi connectivity index (χ2n) is 5.88. The van der Waals surface area contributed by atoms with Crippen LogP contribution in [-0.4, -0.2) is 35.6 Å². The van der Waals surface area contributed by atoms with Crippen LogP contribution >= 0.6 is 15.9 Å². The van der Waals surface area contributed by atoms with Gasteiger partial charge in [0.15, 0.2) is 0 Å². The lowest BCUT2D eigenvalue weighted by atomic mass is 9.99. The molecule has 19 heavy (non-hydrogen) atoms. The maximum atomic E-state index is 4.28. The van der Waals surface area contributed by atoms with Crippen LogP contribution < -0.4 is 5.32 Å². The van der Waals surface area contributed by atoms with Crippen molar-refractivity contribution in [1.29, 1.82) is 0 Å². The molecule has 3 nitrogen and oxygen atoms in total. The van der Waals surface area contributed by atoms with Gasteiger partial charge in [-0.1, -0.05) is 0 Å². The normalized spacial score (nSPS) is 23.8. The average molecular weight is 324 g/mol. The topological polar surface area (TPSA) is 28.2 Å². The molecule has 1 aromatic heterocycles. The Labute approximate surface area is 123 Å². The number of rotatable bonds is 5. The van der Waals surface area contributed by atoms with E-state index in [0.29, 0.717) is 0 Å². The standard InChI is InChI=1S/C15H22BrN3/c16-14-6-13(8-18-9-14)11-19(15-3-4-15)10-12-2-1-5-17-7-12/h6,8-9,12,15,17H,1-5,7,10-11H2. The summed E-state index contributed by atoms with van der Waals surface area (Å²) in [6, 6.07) is 3.02. The molecular weight excluding hydrogens is 302 g/mol. The van der Waals surface area contributed by atoms with E-state index in [1.54, 1.807) is 0 Å². The lowest BCUT2D eigenvalue weighted by molar-refractivity contribution is 0.192. The first-order chi connectivity index (χ1) is 9.31. The van der Waals surface area contributed by atoms with Crippen molar-refractivity contribution in [3.05, 3.63) is 28.5 Å². The fourth-order valence-corrected chi connectivity index (χ4v) is 3.38. The van der Waals surface area contributed by atoms with E-state index < -0.39 is 0 Å². The maximum Gasteiger partial charge on any atom is 0.0410 e. The predicted octanol–water partition coefficient (Wildman–Crippen LogP) is 2.81. The fraction of sp³-hybridized carbons (Fsp3) is 0.667. The molecule has 1 saturated carbocycles. The first-order valence-electron chi connectivity index (χ1n) is 7.35. The van der Waals surface area contributed by atoms with Gasteiger partial charge in [0.25, 0.3) is 0 Å². The van der Waals surface area contributed by atoms with Crippen LogP contribution in [0.3, 0.4) is 0 Å². The van der Waals surface area contributed by atoms with Crippen LogP contribution in [0, 0.1) is 5.92 Å². The molecule has 0 radical (unpaired) electrons. The predicted molar refractivity (Wildman–Crippen MR) is 81.0 cm³/mol. The first-order valence-corrected chi connectivity index (χ1v) is 8.15. The molecule has 2 aliphatic rings. The Balaban J connectivity index is 1.60. The number of aromatic nitrogens is 1. The first kappa shape index (κ1) is 13.5. The number of nitrogens with one attached hydrogen (secondary N) is 1.